The summed E-state index contributed by atoms with van der Waals surface area (Å²) >= 11 is 9.15. The van der Waals surface area contributed by atoms with Crippen LogP contribution in [-0.4, -0.2) is 15.1 Å². The van der Waals surface area contributed by atoms with Crippen LogP contribution in [0.25, 0.3) is 22.5 Å². The zero-order valence-corrected chi connectivity index (χ0v) is 12.8. The fraction of sp³-hybridized carbons (Fsp3) is 0. The van der Waals surface area contributed by atoms with Crippen molar-refractivity contribution >= 4 is 27.5 Å². The summed E-state index contributed by atoms with van der Waals surface area (Å²) in [5.74, 6) is -0.217. The maximum atomic E-state index is 12.2. The quantitative estimate of drug-likeness (QED) is 0.722. The van der Waals surface area contributed by atoms with Gasteiger partial charge in [0.25, 0.3) is 5.56 Å². The van der Waals surface area contributed by atoms with Crippen LogP contribution in [0, 0.1) is 0 Å². The second-order valence-corrected chi connectivity index (χ2v) is 5.49. The number of halogens is 2. The van der Waals surface area contributed by atoms with Gasteiger partial charge in [0, 0.05) is 4.47 Å². The monoisotopic (exact) mass is 366 g/mol. The summed E-state index contributed by atoms with van der Waals surface area (Å²) in [6.45, 7) is 0. The SMILES string of the molecule is O=c1[nH]c(-c2ccoc2Cl)nc(O)c1-c1ccc(Br)cc1. The van der Waals surface area contributed by atoms with Gasteiger partial charge in [0.05, 0.1) is 11.8 Å². The molecule has 3 rings (SSSR count). The van der Waals surface area contributed by atoms with Crippen molar-refractivity contribution in [3.05, 3.63) is 56.6 Å². The molecule has 2 heterocycles. The van der Waals surface area contributed by atoms with Crippen molar-refractivity contribution in [2.24, 2.45) is 0 Å². The highest BCUT2D eigenvalue weighted by atomic mass is 79.9. The number of rotatable bonds is 2. The molecule has 3 aromatic rings. The number of aromatic hydroxyl groups is 1. The Morgan fingerprint density at radius 1 is 1.24 bits per heavy atom. The molecule has 0 bridgehead atoms. The first-order chi connectivity index (χ1) is 10.1. The maximum Gasteiger partial charge on any atom is 0.262 e. The molecule has 0 aliphatic rings. The van der Waals surface area contributed by atoms with Gasteiger partial charge in [-0.15, -0.1) is 0 Å². The van der Waals surface area contributed by atoms with Crippen LogP contribution >= 0.6 is 27.5 Å². The summed E-state index contributed by atoms with van der Waals surface area (Å²) in [5, 5.41) is 10.2. The molecule has 0 atom stereocenters. The minimum Gasteiger partial charge on any atom is -0.493 e. The Hall–Kier alpha value is -2.05. The Morgan fingerprint density at radius 2 is 1.95 bits per heavy atom. The number of hydrogen-bond acceptors (Lipinski definition) is 4. The van der Waals surface area contributed by atoms with Gasteiger partial charge in [-0.1, -0.05) is 28.1 Å². The van der Waals surface area contributed by atoms with Gasteiger partial charge in [-0.25, -0.2) is 0 Å². The van der Waals surface area contributed by atoms with Gasteiger partial charge in [0.1, 0.15) is 11.4 Å². The third-order valence-corrected chi connectivity index (χ3v) is 3.73. The molecule has 2 aromatic heterocycles. The van der Waals surface area contributed by atoms with Gasteiger partial charge in [-0.2, -0.15) is 4.98 Å². The second-order valence-electron chi connectivity index (χ2n) is 4.23. The van der Waals surface area contributed by atoms with Gasteiger partial charge in [0.15, 0.2) is 0 Å². The number of nitrogens with zero attached hydrogens (tertiary/aromatic N) is 1. The number of H-pyrrole nitrogens is 1. The van der Waals surface area contributed by atoms with Crippen LogP contribution in [0.4, 0.5) is 0 Å². The van der Waals surface area contributed by atoms with E-state index in [2.05, 4.69) is 25.9 Å². The summed E-state index contributed by atoms with van der Waals surface area (Å²) < 4.78 is 5.82. The minimum absolute atomic E-state index is 0.0916. The van der Waals surface area contributed by atoms with Crippen LogP contribution in [0.2, 0.25) is 5.22 Å². The van der Waals surface area contributed by atoms with Crippen molar-refractivity contribution in [1.82, 2.24) is 9.97 Å². The van der Waals surface area contributed by atoms with Crippen molar-refractivity contribution in [2.75, 3.05) is 0 Å². The van der Waals surface area contributed by atoms with Gasteiger partial charge in [0.2, 0.25) is 11.1 Å². The summed E-state index contributed by atoms with van der Waals surface area (Å²) in [6.07, 6.45) is 1.37. The number of benzene rings is 1. The van der Waals surface area contributed by atoms with E-state index in [0.29, 0.717) is 11.1 Å². The molecular weight excluding hydrogens is 360 g/mol. The van der Waals surface area contributed by atoms with E-state index in [-0.39, 0.29) is 22.5 Å². The van der Waals surface area contributed by atoms with Crippen molar-refractivity contribution in [3.8, 4) is 28.4 Å². The fourth-order valence-corrected chi connectivity index (χ4v) is 2.40. The smallest absolute Gasteiger partial charge is 0.262 e. The Kier molecular flexibility index (Phi) is 3.57. The van der Waals surface area contributed by atoms with E-state index in [0.717, 1.165) is 4.47 Å². The van der Waals surface area contributed by atoms with Crippen LogP contribution in [0.15, 0.2) is 50.3 Å². The van der Waals surface area contributed by atoms with Crippen molar-refractivity contribution in [1.29, 1.82) is 0 Å². The molecule has 0 aliphatic carbocycles. The number of nitrogens with one attached hydrogen (secondary N) is 1. The third kappa shape index (κ3) is 2.59. The van der Waals surface area contributed by atoms with E-state index < -0.39 is 5.56 Å². The lowest BCUT2D eigenvalue weighted by molar-refractivity contribution is 0.454. The van der Waals surface area contributed by atoms with Gasteiger partial charge in [-0.05, 0) is 35.4 Å². The average Bonchev–Trinajstić information content (AvgIpc) is 2.86. The summed E-state index contributed by atoms with van der Waals surface area (Å²) in [7, 11) is 0. The average molecular weight is 368 g/mol. The normalized spacial score (nSPS) is 10.8. The molecule has 2 N–H and O–H groups in total. The zero-order valence-electron chi connectivity index (χ0n) is 10.4. The Labute approximate surface area is 132 Å². The number of hydrogen-bond donors (Lipinski definition) is 2. The van der Waals surface area contributed by atoms with E-state index in [4.69, 9.17) is 16.0 Å². The van der Waals surface area contributed by atoms with Crippen LogP contribution in [0.1, 0.15) is 0 Å². The van der Waals surface area contributed by atoms with E-state index in [1.165, 1.54) is 6.26 Å². The predicted molar refractivity (Wildman–Crippen MR) is 82.4 cm³/mol. The third-order valence-electron chi connectivity index (χ3n) is 2.91. The molecule has 0 saturated carbocycles. The first kappa shape index (κ1) is 13.9. The lowest BCUT2D eigenvalue weighted by atomic mass is 10.1. The molecule has 21 heavy (non-hydrogen) atoms. The Balaban J connectivity index is 2.15. The molecule has 0 fully saturated rings. The predicted octanol–water partition coefficient (Wildman–Crippen LogP) is 3.82. The summed E-state index contributed by atoms with van der Waals surface area (Å²) in [4.78, 5) is 18.8. The molecule has 106 valence electrons. The molecule has 1 aromatic carbocycles. The molecule has 0 spiro atoms. The highest BCUT2D eigenvalue weighted by Crippen LogP contribution is 2.30. The highest BCUT2D eigenvalue weighted by Gasteiger charge is 2.16. The molecule has 0 radical (unpaired) electrons. The number of aromatic nitrogens is 2. The lowest BCUT2D eigenvalue weighted by Crippen LogP contribution is -2.12. The van der Waals surface area contributed by atoms with Crippen molar-refractivity contribution in [2.45, 2.75) is 0 Å². The molecule has 0 unspecified atom stereocenters. The number of furan rings is 1. The van der Waals surface area contributed by atoms with E-state index in [9.17, 15) is 9.90 Å². The van der Waals surface area contributed by atoms with E-state index >= 15 is 0 Å². The number of aromatic amines is 1. The van der Waals surface area contributed by atoms with Crippen LogP contribution in [0.3, 0.4) is 0 Å². The van der Waals surface area contributed by atoms with Gasteiger partial charge >= 0.3 is 0 Å². The second kappa shape index (κ2) is 5.38. The zero-order chi connectivity index (χ0) is 15.0. The van der Waals surface area contributed by atoms with Crippen LogP contribution in [0.5, 0.6) is 5.88 Å². The van der Waals surface area contributed by atoms with Crippen LogP contribution < -0.4 is 5.56 Å². The molecule has 0 saturated heterocycles. The van der Waals surface area contributed by atoms with Crippen molar-refractivity contribution in [3.63, 3.8) is 0 Å². The highest BCUT2D eigenvalue weighted by molar-refractivity contribution is 9.10. The van der Waals surface area contributed by atoms with Gasteiger partial charge < -0.3 is 14.5 Å². The lowest BCUT2D eigenvalue weighted by Gasteiger charge is -2.05. The molecule has 5 nitrogen and oxygen atoms in total. The van der Waals surface area contributed by atoms with Crippen molar-refractivity contribution < 1.29 is 9.52 Å². The first-order valence-corrected chi connectivity index (χ1v) is 7.06. The van der Waals surface area contributed by atoms with Gasteiger partial charge in [-0.3, -0.25) is 4.79 Å². The molecule has 0 aliphatic heterocycles. The Morgan fingerprint density at radius 3 is 2.52 bits per heavy atom. The maximum absolute atomic E-state index is 12.2. The largest absolute Gasteiger partial charge is 0.493 e. The minimum atomic E-state index is -0.461. The summed E-state index contributed by atoms with van der Waals surface area (Å²) in [6, 6.07) is 8.52. The summed E-state index contributed by atoms with van der Waals surface area (Å²) in [5.41, 5.74) is 0.615. The molecule has 0 amide bonds. The van der Waals surface area contributed by atoms with E-state index in [1.54, 1.807) is 30.3 Å². The first-order valence-electron chi connectivity index (χ1n) is 5.89. The Bertz CT molecular complexity index is 855. The van der Waals surface area contributed by atoms with Crippen LogP contribution in [-0.2, 0) is 0 Å². The topological polar surface area (TPSA) is 79.1 Å². The fourth-order valence-electron chi connectivity index (χ4n) is 1.93. The van der Waals surface area contributed by atoms with E-state index in [1.807, 2.05) is 0 Å². The standard InChI is InChI=1S/C14H8BrClN2O3/c15-8-3-1-7(2-4-8)10-13(19)17-12(18-14(10)20)9-5-6-21-11(9)16/h1-6H,(H2,17,18,19,20). The molecular formula is C14H8BrClN2O3. The molecule has 7 heteroatoms.